The number of esters is 1. The van der Waals surface area contributed by atoms with Gasteiger partial charge in [-0.2, -0.15) is 0 Å². The molecule has 2 heterocycles. The number of thiophene rings is 1. The first-order valence-corrected chi connectivity index (χ1v) is 11.7. The number of fused-ring (bicyclic) bond motifs is 1. The Morgan fingerprint density at radius 2 is 1.81 bits per heavy atom. The maximum Gasteiger partial charge on any atom is 0.348 e. The fourth-order valence-corrected chi connectivity index (χ4v) is 5.18. The summed E-state index contributed by atoms with van der Waals surface area (Å²) < 4.78 is 8.41. The van der Waals surface area contributed by atoms with Crippen molar-refractivity contribution in [2.45, 2.75) is 45.4 Å². The number of nitrogens with zero attached hydrogens (tertiary/aromatic N) is 2. The number of hydrogen-bond acceptors (Lipinski definition) is 5. The number of benzene rings is 1. The third-order valence-electron chi connectivity index (χ3n) is 5.85. The second-order valence-electron chi connectivity index (χ2n) is 8.03. The van der Waals surface area contributed by atoms with E-state index < -0.39 is 18.5 Å². The summed E-state index contributed by atoms with van der Waals surface area (Å²) in [6, 6.07) is 11.1. The first-order valence-electron chi connectivity index (χ1n) is 10.9. The van der Waals surface area contributed by atoms with Crippen molar-refractivity contribution in [2.75, 3.05) is 11.9 Å². The van der Waals surface area contributed by atoms with E-state index in [2.05, 4.69) is 5.32 Å². The number of aromatic nitrogens is 2. The molecule has 32 heavy (non-hydrogen) atoms. The van der Waals surface area contributed by atoms with Gasteiger partial charge in [-0.05, 0) is 56.4 Å². The smallest absolute Gasteiger partial charge is 0.348 e. The zero-order chi connectivity index (χ0) is 22.7. The predicted octanol–water partition coefficient (Wildman–Crippen LogP) is 4.00. The Labute approximate surface area is 190 Å². The summed E-state index contributed by atoms with van der Waals surface area (Å²) in [5, 5.41) is 2.61. The average Bonchev–Trinajstić information content (AvgIpc) is 3.26. The number of nitrogens with one attached hydrogen (secondary N) is 1. The minimum atomic E-state index is -0.542. The predicted molar refractivity (Wildman–Crippen MR) is 125 cm³/mol. The Morgan fingerprint density at radius 1 is 1.09 bits per heavy atom. The van der Waals surface area contributed by atoms with Gasteiger partial charge < -0.3 is 10.1 Å². The summed E-state index contributed by atoms with van der Waals surface area (Å²) in [7, 11) is 1.75. The molecule has 7 nitrogen and oxygen atoms in total. The topological polar surface area (TPSA) is 82.3 Å². The average molecular weight is 454 g/mol. The molecule has 0 fully saturated rings. The van der Waals surface area contributed by atoms with Crippen LogP contribution in [0.1, 0.15) is 51.5 Å². The molecule has 3 aromatic rings. The van der Waals surface area contributed by atoms with Crippen molar-refractivity contribution in [3.05, 3.63) is 67.8 Å². The second kappa shape index (κ2) is 9.56. The van der Waals surface area contributed by atoms with Gasteiger partial charge in [-0.3, -0.25) is 14.3 Å². The van der Waals surface area contributed by atoms with Crippen LogP contribution >= 0.6 is 11.3 Å². The van der Waals surface area contributed by atoms with Crippen LogP contribution in [0, 0.1) is 6.92 Å². The Morgan fingerprint density at radius 3 is 2.56 bits per heavy atom. The van der Waals surface area contributed by atoms with Crippen LogP contribution < -0.4 is 10.9 Å². The molecule has 1 aliphatic rings. The summed E-state index contributed by atoms with van der Waals surface area (Å²) in [5.74, 6) is -1.04. The lowest BCUT2D eigenvalue weighted by Gasteiger charge is -2.07. The first-order chi connectivity index (χ1) is 15.5. The Hall–Kier alpha value is -3.13. The lowest BCUT2D eigenvalue weighted by Crippen LogP contribution is -2.25. The molecular weight excluding hydrogens is 426 g/mol. The van der Waals surface area contributed by atoms with Crippen LogP contribution in [-0.4, -0.2) is 27.8 Å². The van der Waals surface area contributed by atoms with Gasteiger partial charge in [0, 0.05) is 11.9 Å². The van der Waals surface area contributed by atoms with E-state index in [0.717, 1.165) is 25.7 Å². The third kappa shape index (κ3) is 4.55. The van der Waals surface area contributed by atoms with E-state index in [-0.39, 0.29) is 11.2 Å². The number of para-hydroxylation sites is 1. The van der Waals surface area contributed by atoms with E-state index in [0.29, 0.717) is 16.3 Å². The molecule has 0 atom stereocenters. The van der Waals surface area contributed by atoms with Crippen LogP contribution in [0.5, 0.6) is 0 Å². The first kappa shape index (κ1) is 22.1. The van der Waals surface area contributed by atoms with Crippen molar-refractivity contribution in [2.24, 2.45) is 7.05 Å². The number of ether oxygens (including phenoxy) is 1. The lowest BCUT2D eigenvalue weighted by atomic mass is 10.00. The van der Waals surface area contributed by atoms with Gasteiger partial charge in [0.15, 0.2) is 6.61 Å². The molecule has 1 aromatic carbocycles. The Bertz CT molecular complexity index is 1160. The summed E-state index contributed by atoms with van der Waals surface area (Å²) in [5.41, 5.74) is 2.37. The molecule has 1 aliphatic carbocycles. The van der Waals surface area contributed by atoms with Gasteiger partial charge in [-0.1, -0.05) is 31.0 Å². The van der Waals surface area contributed by atoms with Crippen LogP contribution in [0.15, 0.2) is 41.2 Å². The van der Waals surface area contributed by atoms with Crippen molar-refractivity contribution in [1.82, 2.24) is 9.36 Å². The molecule has 0 saturated carbocycles. The fourth-order valence-electron chi connectivity index (χ4n) is 4.03. The van der Waals surface area contributed by atoms with Gasteiger partial charge in [0.1, 0.15) is 10.6 Å². The highest BCUT2D eigenvalue weighted by atomic mass is 32.1. The summed E-state index contributed by atoms with van der Waals surface area (Å²) in [6.07, 6.45) is 6.70. The molecular formula is C24H27N3O4S. The molecule has 168 valence electrons. The van der Waals surface area contributed by atoms with E-state index in [1.54, 1.807) is 18.7 Å². The SMILES string of the molecule is Cc1c(NC(=O)COC(=O)c2cc3c(s2)CCCCCC3)c(=O)n(-c2ccccc2)n1C. The maximum absolute atomic E-state index is 12.9. The molecule has 4 rings (SSSR count). The van der Waals surface area contributed by atoms with E-state index in [4.69, 9.17) is 4.74 Å². The van der Waals surface area contributed by atoms with Gasteiger partial charge in [0.2, 0.25) is 0 Å². The summed E-state index contributed by atoms with van der Waals surface area (Å²) in [6.45, 7) is 1.31. The van der Waals surface area contributed by atoms with Gasteiger partial charge >= 0.3 is 5.97 Å². The molecule has 0 spiro atoms. The standard InChI is InChI=1S/C24H27N3O4S/c1-16-22(23(29)27(26(16)2)18-11-7-5-8-12-18)25-21(28)15-31-24(30)20-14-17-10-6-3-4-9-13-19(17)32-20/h5,7-8,11-12,14H,3-4,6,9-10,13,15H2,1-2H3,(H,25,28). The minimum Gasteiger partial charge on any atom is -0.451 e. The number of amides is 1. The van der Waals surface area contributed by atoms with E-state index in [1.807, 2.05) is 36.4 Å². The molecule has 0 saturated heterocycles. The minimum absolute atomic E-state index is 0.177. The van der Waals surface area contributed by atoms with E-state index in [1.165, 1.54) is 39.3 Å². The highest BCUT2D eigenvalue weighted by Crippen LogP contribution is 2.29. The number of carbonyl (C=O) groups is 2. The molecule has 0 aliphatic heterocycles. The zero-order valence-electron chi connectivity index (χ0n) is 18.3. The van der Waals surface area contributed by atoms with Crippen molar-refractivity contribution in [3.8, 4) is 5.69 Å². The molecule has 8 heteroatoms. The molecule has 0 unspecified atom stereocenters. The van der Waals surface area contributed by atoms with Crippen LogP contribution in [0.4, 0.5) is 5.69 Å². The van der Waals surface area contributed by atoms with E-state index >= 15 is 0 Å². The van der Waals surface area contributed by atoms with Crippen LogP contribution in [0.3, 0.4) is 0 Å². The molecule has 0 radical (unpaired) electrons. The third-order valence-corrected chi connectivity index (χ3v) is 7.07. The highest BCUT2D eigenvalue weighted by molar-refractivity contribution is 7.14. The van der Waals surface area contributed by atoms with Gasteiger partial charge in [0.05, 0.1) is 11.4 Å². The summed E-state index contributed by atoms with van der Waals surface area (Å²) in [4.78, 5) is 39.6. The van der Waals surface area contributed by atoms with E-state index in [9.17, 15) is 14.4 Å². The normalized spacial score (nSPS) is 13.7. The maximum atomic E-state index is 12.9. The lowest BCUT2D eigenvalue weighted by molar-refractivity contribution is -0.119. The molecule has 0 bridgehead atoms. The molecule has 1 amide bonds. The molecule has 2 aromatic heterocycles. The van der Waals surface area contributed by atoms with Crippen LogP contribution in [0.25, 0.3) is 5.69 Å². The molecule has 1 N–H and O–H groups in total. The van der Waals surface area contributed by atoms with Gasteiger partial charge in [-0.15, -0.1) is 11.3 Å². The number of carbonyl (C=O) groups excluding carboxylic acids is 2. The van der Waals surface area contributed by atoms with Gasteiger partial charge in [-0.25, -0.2) is 9.48 Å². The second-order valence-corrected chi connectivity index (χ2v) is 9.17. The largest absolute Gasteiger partial charge is 0.451 e. The number of hydrogen-bond donors (Lipinski definition) is 1. The quantitative estimate of drug-likeness (QED) is 0.592. The fraction of sp³-hybridized carbons (Fsp3) is 0.375. The number of anilines is 1. The van der Waals surface area contributed by atoms with Crippen molar-refractivity contribution in [1.29, 1.82) is 0 Å². The Kier molecular flexibility index (Phi) is 6.60. The highest BCUT2D eigenvalue weighted by Gasteiger charge is 2.20. The monoisotopic (exact) mass is 453 g/mol. The van der Waals surface area contributed by atoms with Crippen molar-refractivity contribution >= 4 is 28.9 Å². The van der Waals surface area contributed by atoms with Crippen LogP contribution in [0.2, 0.25) is 0 Å². The Balaban J connectivity index is 1.42. The number of aryl methyl sites for hydroxylation is 2. The number of rotatable bonds is 5. The summed E-state index contributed by atoms with van der Waals surface area (Å²) >= 11 is 1.47. The van der Waals surface area contributed by atoms with Gasteiger partial charge in [0.25, 0.3) is 11.5 Å². The van der Waals surface area contributed by atoms with Crippen molar-refractivity contribution in [3.63, 3.8) is 0 Å². The van der Waals surface area contributed by atoms with Crippen molar-refractivity contribution < 1.29 is 14.3 Å². The van der Waals surface area contributed by atoms with Crippen LogP contribution in [-0.2, 0) is 29.4 Å². The zero-order valence-corrected chi connectivity index (χ0v) is 19.2.